The quantitative estimate of drug-likeness (QED) is 0.559. The lowest BCUT2D eigenvalue weighted by molar-refractivity contribution is -0.139. The van der Waals surface area contributed by atoms with Gasteiger partial charge in [0.25, 0.3) is 10.0 Å². The Morgan fingerprint density at radius 3 is 2.56 bits per heavy atom. The number of ether oxygens (including phenoxy) is 1. The van der Waals surface area contributed by atoms with Gasteiger partial charge in [0.05, 0.1) is 17.1 Å². The van der Waals surface area contributed by atoms with Crippen molar-refractivity contribution in [2.75, 3.05) is 6.61 Å². The van der Waals surface area contributed by atoms with Gasteiger partial charge in [-0.25, -0.2) is 27.0 Å². The summed E-state index contributed by atoms with van der Waals surface area (Å²) < 4.78 is 33.5. The van der Waals surface area contributed by atoms with E-state index in [1.807, 2.05) is 6.92 Å². The second-order valence-corrected chi connectivity index (χ2v) is 9.33. The summed E-state index contributed by atoms with van der Waals surface area (Å²) in [6.07, 6.45) is 1.83. The zero-order valence-electron chi connectivity index (χ0n) is 18.0. The van der Waals surface area contributed by atoms with Crippen molar-refractivity contribution in [2.45, 2.75) is 51.0 Å². The molecule has 2 aromatic rings. The number of rotatable bonds is 8. The Morgan fingerprint density at radius 2 is 1.94 bits per heavy atom. The van der Waals surface area contributed by atoms with Crippen molar-refractivity contribution in [3.63, 3.8) is 0 Å². The van der Waals surface area contributed by atoms with Crippen molar-refractivity contribution in [3.8, 4) is 0 Å². The Balaban J connectivity index is 2.28. The Labute approximate surface area is 191 Å². The molecule has 1 atom stereocenters. The highest BCUT2D eigenvalue weighted by Crippen LogP contribution is 2.35. The fourth-order valence-corrected chi connectivity index (χ4v) is 5.43. The minimum absolute atomic E-state index is 0.0149. The number of carbonyl (C=O) groups excluding carboxylic acids is 2. The van der Waals surface area contributed by atoms with Gasteiger partial charge < -0.3 is 15.4 Å². The maximum atomic E-state index is 13.7. The molecule has 0 fully saturated rings. The fraction of sp³-hybridized carbons (Fsp3) is 0.381. The summed E-state index contributed by atoms with van der Waals surface area (Å²) in [7, 11) is -4.13. The average molecular weight is 481 g/mol. The summed E-state index contributed by atoms with van der Waals surface area (Å²) >= 11 is 6.46. The summed E-state index contributed by atoms with van der Waals surface area (Å²) in [5, 5.41) is 5.02. The summed E-state index contributed by atoms with van der Waals surface area (Å²) in [4.78, 5) is 29.3. The number of allylic oxidation sites excluding steroid dienone is 1. The first-order valence-corrected chi connectivity index (χ1v) is 12.1. The molecule has 0 radical (unpaired) electrons. The first-order chi connectivity index (χ1) is 15.2. The molecule has 172 valence electrons. The zero-order valence-corrected chi connectivity index (χ0v) is 19.6. The minimum atomic E-state index is -4.13. The van der Waals surface area contributed by atoms with Crippen LogP contribution < -0.4 is 10.6 Å². The second kappa shape index (κ2) is 9.74. The SMILES string of the molecule is CCCCc1nc(Cl)c(C2NC(=O)NC(C)=C2C(=O)OCC)n1S(=O)(=O)c1ccccc1. The van der Waals surface area contributed by atoms with E-state index >= 15 is 0 Å². The van der Waals surface area contributed by atoms with Gasteiger partial charge in [0, 0.05) is 12.1 Å². The number of nitrogens with zero attached hydrogens (tertiary/aromatic N) is 2. The lowest BCUT2D eigenvalue weighted by Crippen LogP contribution is -2.46. The number of amides is 2. The highest BCUT2D eigenvalue weighted by atomic mass is 35.5. The number of unbranched alkanes of at least 4 members (excludes halogenated alkanes) is 1. The number of aryl methyl sites for hydroxylation is 1. The number of aromatic nitrogens is 2. The van der Waals surface area contributed by atoms with E-state index in [0.29, 0.717) is 12.8 Å². The number of carbonyl (C=O) groups is 2. The zero-order chi connectivity index (χ0) is 23.5. The van der Waals surface area contributed by atoms with Crippen LogP contribution in [0.15, 0.2) is 46.5 Å². The first kappa shape index (κ1) is 23.8. The molecular formula is C21H25ClN4O5S. The smallest absolute Gasteiger partial charge is 0.338 e. The van der Waals surface area contributed by atoms with Crippen molar-refractivity contribution < 1.29 is 22.7 Å². The summed E-state index contributed by atoms with van der Waals surface area (Å²) in [5.74, 6) is -0.470. The van der Waals surface area contributed by atoms with Crippen LogP contribution in [0.3, 0.4) is 0 Å². The van der Waals surface area contributed by atoms with Gasteiger partial charge in [0.1, 0.15) is 17.6 Å². The number of benzene rings is 1. The van der Waals surface area contributed by atoms with Crippen LogP contribution in [0, 0.1) is 0 Å². The fourth-order valence-electron chi connectivity index (χ4n) is 3.51. The van der Waals surface area contributed by atoms with Crippen molar-refractivity contribution in [1.82, 2.24) is 19.6 Å². The molecule has 1 aromatic carbocycles. The van der Waals surface area contributed by atoms with Crippen molar-refractivity contribution in [3.05, 3.63) is 58.3 Å². The molecule has 1 aliphatic heterocycles. The van der Waals surface area contributed by atoms with Gasteiger partial charge in [-0.3, -0.25) is 0 Å². The van der Waals surface area contributed by atoms with E-state index in [4.69, 9.17) is 16.3 Å². The Morgan fingerprint density at radius 1 is 1.25 bits per heavy atom. The number of imidazole rings is 1. The molecular weight excluding hydrogens is 456 g/mol. The molecule has 2 amide bonds. The van der Waals surface area contributed by atoms with Crippen LogP contribution in [0.4, 0.5) is 4.79 Å². The third-order valence-electron chi connectivity index (χ3n) is 4.97. The number of nitrogens with one attached hydrogen (secondary N) is 2. The molecule has 0 aliphatic carbocycles. The predicted molar refractivity (Wildman–Crippen MR) is 119 cm³/mol. The van der Waals surface area contributed by atoms with E-state index < -0.39 is 28.1 Å². The first-order valence-electron chi connectivity index (χ1n) is 10.2. The maximum absolute atomic E-state index is 13.7. The van der Waals surface area contributed by atoms with E-state index in [2.05, 4.69) is 15.6 Å². The molecule has 2 N–H and O–H groups in total. The normalized spacial score (nSPS) is 16.5. The molecule has 32 heavy (non-hydrogen) atoms. The predicted octanol–water partition coefficient (Wildman–Crippen LogP) is 3.31. The third kappa shape index (κ3) is 4.51. The van der Waals surface area contributed by atoms with Crippen LogP contribution >= 0.6 is 11.6 Å². The van der Waals surface area contributed by atoms with E-state index in [1.54, 1.807) is 25.1 Å². The van der Waals surface area contributed by atoms with Gasteiger partial charge in [-0.1, -0.05) is 43.1 Å². The Hall–Kier alpha value is -2.85. The van der Waals surface area contributed by atoms with E-state index in [1.165, 1.54) is 19.1 Å². The molecule has 0 saturated carbocycles. The van der Waals surface area contributed by atoms with Crippen LogP contribution in [0.25, 0.3) is 0 Å². The number of halogens is 1. The van der Waals surface area contributed by atoms with E-state index in [9.17, 15) is 18.0 Å². The Bertz CT molecular complexity index is 1160. The highest BCUT2D eigenvalue weighted by Gasteiger charge is 2.39. The van der Waals surface area contributed by atoms with Gasteiger partial charge >= 0.3 is 12.0 Å². The van der Waals surface area contributed by atoms with Gasteiger partial charge in [-0.05, 0) is 32.4 Å². The average Bonchev–Trinajstić information content (AvgIpc) is 3.09. The van der Waals surface area contributed by atoms with Crippen molar-refractivity contribution >= 4 is 33.6 Å². The van der Waals surface area contributed by atoms with Crippen LogP contribution in [0.5, 0.6) is 0 Å². The van der Waals surface area contributed by atoms with Gasteiger partial charge in [-0.15, -0.1) is 0 Å². The summed E-state index contributed by atoms with van der Waals surface area (Å²) in [6, 6.07) is 6.08. The number of hydrogen-bond donors (Lipinski definition) is 2. The van der Waals surface area contributed by atoms with Crippen LogP contribution in [0.1, 0.15) is 51.2 Å². The molecule has 1 unspecified atom stereocenters. The van der Waals surface area contributed by atoms with Crippen LogP contribution in [-0.4, -0.2) is 36.0 Å². The van der Waals surface area contributed by atoms with Crippen LogP contribution in [0.2, 0.25) is 5.15 Å². The third-order valence-corrected chi connectivity index (χ3v) is 7.00. The number of esters is 1. The van der Waals surface area contributed by atoms with Crippen LogP contribution in [-0.2, 0) is 26.0 Å². The van der Waals surface area contributed by atoms with E-state index in [0.717, 1.165) is 10.4 Å². The van der Waals surface area contributed by atoms with Gasteiger partial charge in [0.15, 0.2) is 5.15 Å². The molecule has 11 heteroatoms. The largest absolute Gasteiger partial charge is 0.463 e. The van der Waals surface area contributed by atoms with Crippen molar-refractivity contribution in [1.29, 1.82) is 0 Å². The summed E-state index contributed by atoms with van der Waals surface area (Å²) in [6.45, 7) is 5.26. The Kier molecular flexibility index (Phi) is 7.25. The van der Waals surface area contributed by atoms with Crippen molar-refractivity contribution in [2.24, 2.45) is 0 Å². The topological polar surface area (TPSA) is 119 Å². The number of urea groups is 1. The lowest BCUT2D eigenvalue weighted by Gasteiger charge is -2.28. The molecule has 0 saturated heterocycles. The van der Waals surface area contributed by atoms with Gasteiger partial charge in [0.2, 0.25) is 0 Å². The molecule has 1 aromatic heterocycles. The van der Waals surface area contributed by atoms with Gasteiger partial charge in [-0.2, -0.15) is 0 Å². The standard InChI is InChI=1S/C21H25ClN4O5S/c1-4-6-12-15-24-19(22)18(26(15)32(29,30)14-10-8-7-9-11-14)17-16(20(27)31-5-2)13(3)23-21(28)25-17/h7-11,17H,4-6,12H2,1-3H3,(H2,23,25,28). The maximum Gasteiger partial charge on any atom is 0.338 e. The second-order valence-electron chi connectivity index (χ2n) is 7.18. The molecule has 9 nitrogen and oxygen atoms in total. The molecule has 1 aliphatic rings. The minimum Gasteiger partial charge on any atom is -0.463 e. The van der Waals surface area contributed by atoms with E-state index in [-0.39, 0.29) is 39.4 Å². The molecule has 3 rings (SSSR count). The monoisotopic (exact) mass is 480 g/mol. The molecule has 0 spiro atoms. The molecule has 2 heterocycles. The highest BCUT2D eigenvalue weighted by molar-refractivity contribution is 7.90. The molecule has 0 bridgehead atoms. The number of hydrogen-bond acceptors (Lipinski definition) is 6. The lowest BCUT2D eigenvalue weighted by atomic mass is 10.0. The summed E-state index contributed by atoms with van der Waals surface area (Å²) in [5.41, 5.74) is 0.284.